The van der Waals surface area contributed by atoms with Crippen LogP contribution in [0, 0.1) is 0 Å². The minimum Gasteiger partial charge on any atom is -0.339 e. The lowest BCUT2D eigenvalue weighted by atomic mass is 10.1. The van der Waals surface area contributed by atoms with Crippen molar-refractivity contribution in [3.8, 4) is 22.5 Å². The lowest BCUT2D eigenvalue weighted by Gasteiger charge is -2.06. The van der Waals surface area contributed by atoms with Gasteiger partial charge in [-0.05, 0) is 29.8 Å². The minimum atomic E-state index is -0.373. The van der Waals surface area contributed by atoms with Crippen LogP contribution >= 0.6 is 0 Å². The molecule has 0 aliphatic heterocycles. The molecule has 0 saturated heterocycles. The minimum absolute atomic E-state index is 0.188. The number of aromatic nitrogens is 6. The predicted molar refractivity (Wildman–Crippen MR) is 118 cm³/mol. The Bertz CT molecular complexity index is 1580. The molecule has 0 atom stereocenters. The van der Waals surface area contributed by atoms with E-state index >= 15 is 0 Å². The van der Waals surface area contributed by atoms with Crippen LogP contribution in [0.5, 0.6) is 0 Å². The highest BCUT2D eigenvalue weighted by molar-refractivity contribution is 5.96. The summed E-state index contributed by atoms with van der Waals surface area (Å²) >= 11 is 0. The van der Waals surface area contributed by atoms with Crippen molar-refractivity contribution in [2.45, 2.75) is 13.8 Å². The van der Waals surface area contributed by atoms with Gasteiger partial charge in [-0.1, -0.05) is 12.1 Å². The molecule has 0 bridgehead atoms. The topological polar surface area (TPSA) is 127 Å². The molecule has 4 aromatic heterocycles. The zero-order chi connectivity index (χ0) is 22.4. The van der Waals surface area contributed by atoms with E-state index in [1.165, 1.54) is 29.1 Å². The van der Waals surface area contributed by atoms with E-state index in [2.05, 4.69) is 25.5 Å². The second-order valence-electron chi connectivity index (χ2n) is 7.25. The molecule has 10 heteroatoms. The maximum atomic E-state index is 12.9. The summed E-state index contributed by atoms with van der Waals surface area (Å²) < 4.78 is 2.52. The van der Waals surface area contributed by atoms with Gasteiger partial charge in [-0.15, -0.1) is 5.10 Å². The van der Waals surface area contributed by atoms with E-state index < -0.39 is 0 Å². The van der Waals surface area contributed by atoms with Crippen molar-refractivity contribution in [1.82, 2.24) is 29.4 Å². The van der Waals surface area contributed by atoms with Gasteiger partial charge in [0.1, 0.15) is 5.65 Å². The van der Waals surface area contributed by atoms with E-state index in [0.29, 0.717) is 28.1 Å². The summed E-state index contributed by atoms with van der Waals surface area (Å²) in [4.78, 5) is 44.0. The highest BCUT2D eigenvalue weighted by Crippen LogP contribution is 2.30. The molecule has 1 amide bonds. The third kappa shape index (κ3) is 3.14. The molecular weight excluding hydrogens is 410 g/mol. The van der Waals surface area contributed by atoms with Gasteiger partial charge in [0.2, 0.25) is 11.8 Å². The van der Waals surface area contributed by atoms with Crippen LogP contribution in [0.2, 0.25) is 0 Å². The van der Waals surface area contributed by atoms with Crippen molar-refractivity contribution in [2.24, 2.45) is 0 Å². The number of nitrogens with zero attached hydrogens (tertiary/aromatic N) is 5. The van der Waals surface area contributed by atoms with Crippen LogP contribution in [0.25, 0.3) is 39.1 Å². The van der Waals surface area contributed by atoms with Crippen molar-refractivity contribution < 1.29 is 9.59 Å². The van der Waals surface area contributed by atoms with E-state index in [-0.39, 0.29) is 23.2 Å². The van der Waals surface area contributed by atoms with E-state index in [9.17, 15) is 14.4 Å². The summed E-state index contributed by atoms with van der Waals surface area (Å²) in [6.45, 7) is 2.81. The molecule has 10 nitrogen and oxygen atoms in total. The highest BCUT2D eigenvalue weighted by Gasteiger charge is 2.20. The Morgan fingerprint density at radius 2 is 1.94 bits per heavy atom. The number of pyridine rings is 1. The molecule has 5 rings (SSSR count). The summed E-state index contributed by atoms with van der Waals surface area (Å²) in [6.07, 6.45) is 3.23. The van der Waals surface area contributed by atoms with Gasteiger partial charge in [0, 0.05) is 31.5 Å². The maximum Gasteiger partial charge on any atom is 0.274 e. The van der Waals surface area contributed by atoms with Gasteiger partial charge >= 0.3 is 0 Å². The Hall–Kier alpha value is -4.60. The molecule has 0 fully saturated rings. The smallest absolute Gasteiger partial charge is 0.274 e. The quantitative estimate of drug-likeness (QED) is 0.456. The first-order chi connectivity index (χ1) is 15.4. The molecule has 4 heterocycles. The summed E-state index contributed by atoms with van der Waals surface area (Å²) in [7, 11) is 0. The van der Waals surface area contributed by atoms with Gasteiger partial charge in [-0.3, -0.25) is 19.4 Å². The Morgan fingerprint density at radius 1 is 1.09 bits per heavy atom. The van der Waals surface area contributed by atoms with Gasteiger partial charge in [0.15, 0.2) is 5.82 Å². The van der Waals surface area contributed by atoms with Crippen molar-refractivity contribution in [1.29, 1.82) is 0 Å². The Morgan fingerprint density at radius 3 is 2.66 bits per heavy atom. The van der Waals surface area contributed by atoms with Crippen molar-refractivity contribution in [3.05, 3.63) is 65.2 Å². The number of hydrogen-bond acceptors (Lipinski definition) is 6. The Labute approximate surface area is 180 Å². The van der Waals surface area contributed by atoms with Gasteiger partial charge in [-0.2, -0.15) is 9.61 Å². The molecule has 0 spiro atoms. The first-order valence-electron chi connectivity index (χ1n) is 9.76. The van der Waals surface area contributed by atoms with Crippen molar-refractivity contribution in [3.63, 3.8) is 0 Å². The predicted octanol–water partition coefficient (Wildman–Crippen LogP) is 2.72. The summed E-state index contributed by atoms with van der Waals surface area (Å²) in [5, 5.41) is 11.8. The SMILES string of the molecule is CC(=O)Nc1nn2c(=O)cc(-c3ccc4c(cnn4C(C)=O)c3)[nH]c2c1-c1ccccn1. The summed E-state index contributed by atoms with van der Waals surface area (Å²) in [6, 6.07) is 12.2. The first-order valence-corrected chi connectivity index (χ1v) is 9.76. The number of rotatable bonds is 3. The lowest BCUT2D eigenvalue weighted by Crippen LogP contribution is -2.15. The van der Waals surface area contributed by atoms with E-state index in [0.717, 1.165) is 10.9 Å². The van der Waals surface area contributed by atoms with Crippen LogP contribution in [-0.2, 0) is 4.79 Å². The number of benzene rings is 1. The lowest BCUT2D eigenvalue weighted by molar-refractivity contribution is -0.114. The number of aromatic amines is 1. The Balaban J connectivity index is 1.74. The van der Waals surface area contributed by atoms with Gasteiger partial charge in [-0.25, -0.2) is 4.68 Å². The fourth-order valence-electron chi connectivity index (χ4n) is 3.66. The van der Waals surface area contributed by atoms with Crippen LogP contribution in [0.15, 0.2) is 59.7 Å². The number of amides is 1. The number of fused-ring (bicyclic) bond motifs is 2. The molecule has 2 N–H and O–H groups in total. The molecule has 0 aliphatic rings. The standard InChI is InChI=1S/C22H17N7O3/c1-12(30)25-21-20(16-5-3-4-8-23-16)22-26-17(10-19(32)29(22)27-21)14-6-7-18-15(9-14)11-24-28(18)13(2)31/h3-11,26H,1-2H3,(H,25,27,30). The summed E-state index contributed by atoms with van der Waals surface area (Å²) in [5.41, 5.74) is 3.04. The van der Waals surface area contributed by atoms with Gasteiger partial charge < -0.3 is 10.3 Å². The van der Waals surface area contributed by atoms with E-state index in [4.69, 9.17) is 0 Å². The number of carbonyl (C=O) groups is 2. The number of hydrogen-bond donors (Lipinski definition) is 2. The number of nitrogens with one attached hydrogen (secondary N) is 2. The molecule has 0 aliphatic carbocycles. The summed E-state index contributed by atoms with van der Waals surface area (Å²) in [5.74, 6) is -0.265. The molecule has 0 saturated carbocycles. The van der Waals surface area contributed by atoms with Gasteiger partial charge in [0.05, 0.1) is 28.7 Å². The zero-order valence-electron chi connectivity index (χ0n) is 17.2. The molecule has 1 aromatic carbocycles. The van der Waals surface area contributed by atoms with Crippen LogP contribution in [0.3, 0.4) is 0 Å². The molecule has 32 heavy (non-hydrogen) atoms. The molecular formula is C22H17N7O3. The molecule has 5 aromatic rings. The number of carbonyl (C=O) groups excluding carboxylic acids is 2. The van der Waals surface area contributed by atoms with E-state index in [1.807, 2.05) is 12.1 Å². The Kier molecular flexibility index (Phi) is 4.40. The van der Waals surface area contributed by atoms with Crippen LogP contribution in [-0.4, -0.2) is 41.2 Å². The zero-order valence-corrected chi connectivity index (χ0v) is 17.2. The van der Waals surface area contributed by atoms with Crippen LogP contribution in [0.1, 0.15) is 18.6 Å². The molecule has 0 radical (unpaired) electrons. The van der Waals surface area contributed by atoms with Crippen molar-refractivity contribution in [2.75, 3.05) is 5.32 Å². The maximum absolute atomic E-state index is 12.9. The molecule has 158 valence electrons. The highest BCUT2D eigenvalue weighted by atomic mass is 16.2. The second-order valence-corrected chi connectivity index (χ2v) is 7.25. The number of anilines is 1. The fourth-order valence-corrected chi connectivity index (χ4v) is 3.66. The van der Waals surface area contributed by atoms with E-state index in [1.54, 1.807) is 36.7 Å². The average Bonchev–Trinajstić information content (AvgIpc) is 3.35. The van der Waals surface area contributed by atoms with Crippen LogP contribution < -0.4 is 10.9 Å². The first kappa shape index (κ1) is 19.4. The van der Waals surface area contributed by atoms with Crippen LogP contribution in [0.4, 0.5) is 5.82 Å². The third-order valence-corrected chi connectivity index (χ3v) is 5.01. The van der Waals surface area contributed by atoms with Crippen molar-refractivity contribution >= 4 is 34.2 Å². The fraction of sp³-hybridized carbons (Fsp3) is 0.0909. The monoisotopic (exact) mass is 427 g/mol. The molecule has 0 unspecified atom stereocenters. The largest absolute Gasteiger partial charge is 0.339 e. The normalized spacial score (nSPS) is 11.2. The third-order valence-electron chi connectivity index (χ3n) is 5.01. The van der Waals surface area contributed by atoms with Gasteiger partial charge in [0.25, 0.3) is 5.56 Å². The number of H-pyrrole nitrogens is 1. The second kappa shape index (κ2) is 7.27. The average molecular weight is 427 g/mol.